The highest BCUT2D eigenvalue weighted by Crippen LogP contribution is 2.20. The molecule has 0 radical (unpaired) electrons. The minimum absolute atomic E-state index is 0. The van der Waals surface area contributed by atoms with Crippen molar-refractivity contribution in [2.24, 2.45) is 4.99 Å². The molecule has 0 atom stereocenters. The molecule has 7 nitrogen and oxygen atoms in total. The fourth-order valence-corrected chi connectivity index (χ4v) is 2.30. The number of halogens is 1. The second kappa shape index (κ2) is 12.1. The number of nitrogens with one attached hydrogen (secondary N) is 3. The molecule has 2 rings (SSSR count). The quantitative estimate of drug-likeness (QED) is 0.320. The van der Waals surface area contributed by atoms with Gasteiger partial charge in [0.2, 0.25) is 5.91 Å². The zero-order chi connectivity index (χ0) is 18.8. The third-order valence-corrected chi connectivity index (χ3v) is 3.55. The van der Waals surface area contributed by atoms with Crippen molar-refractivity contribution in [2.45, 2.75) is 20.4 Å². The van der Waals surface area contributed by atoms with E-state index in [1.54, 1.807) is 31.6 Å². The first kappa shape index (κ1) is 22.7. The van der Waals surface area contributed by atoms with E-state index in [2.05, 4.69) is 25.9 Å². The third-order valence-electron chi connectivity index (χ3n) is 3.55. The SMILES string of the molecule is CCOc1cc(C)ccc1CNC(=NC)NCC(=O)Nc1cccnc1.I. The highest BCUT2D eigenvalue weighted by Gasteiger charge is 2.07. The highest BCUT2D eigenvalue weighted by atomic mass is 127. The van der Waals surface area contributed by atoms with E-state index >= 15 is 0 Å². The van der Waals surface area contributed by atoms with Gasteiger partial charge in [0, 0.05) is 25.4 Å². The summed E-state index contributed by atoms with van der Waals surface area (Å²) in [7, 11) is 1.66. The fraction of sp³-hybridized carbons (Fsp3) is 0.316. The number of hydrogen-bond donors (Lipinski definition) is 3. The van der Waals surface area contributed by atoms with Crippen LogP contribution in [0.4, 0.5) is 5.69 Å². The summed E-state index contributed by atoms with van der Waals surface area (Å²) < 4.78 is 5.68. The molecule has 0 unspecified atom stereocenters. The summed E-state index contributed by atoms with van der Waals surface area (Å²) in [6.07, 6.45) is 3.25. The molecular weight excluding hydrogens is 457 g/mol. The average Bonchev–Trinajstić information content (AvgIpc) is 2.64. The van der Waals surface area contributed by atoms with E-state index in [0.29, 0.717) is 24.8 Å². The minimum Gasteiger partial charge on any atom is -0.494 e. The largest absolute Gasteiger partial charge is 0.494 e. The van der Waals surface area contributed by atoms with Crippen LogP contribution in [0.5, 0.6) is 5.75 Å². The Morgan fingerprint density at radius 2 is 2.07 bits per heavy atom. The zero-order valence-corrected chi connectivity index (χ0v) is 18.1. The number of aliphatic imine (C=N–C) groups is 1. The van der Waals surface area contributed by atoms with Gasteiger partial charge < -0.3 is 20.7 Å². The summed E-state index contributed by atoms with van der Waals surface area (Å²) in [5.74, 6) is 1.21. The number of guanidine groups is 1. The van der Waals surface area contributed by atoms with Gasteiger partial charge in [-0.1, -0.05) is 12.1 Å². The summed E-state index contributed by atoms with van der Waals surface area (Å²) in [5.41, 5.74) is 2.83. The molecule has 1 amide bonds. The molecule has 3 N–H and O–H groups in total. The molecule has 146 valence electrons. The molecule has 0 saturated heterocycles. The molecule has 8 heteroatoms. The van der Waals surface area contributed by atoms with Gasteiger partial charge in [0.25, 0.3) is 0 Å². The van der Waals surface area contributed by atoms with Gasteiger partial charge in [0.15, 0.2) is 5.96 Å². The van der Waals surface area contributed by atoms with E-state index in [4.69, 9.17) is 4.74 Å². The second-order valence-corrected chi connectivity index (χ2v) is 5.61. The van der Waals surface area contributed by atoms with Crippen LogP contribution in [-0.4, -0.2) is 37.1 Å². The number of rotatable bonds is 7. The van der Waals surface area contributed by atoms with Crippen LogP contribution in [0.1, 0.15) is 18.1 Å². The number of benzene rings is 1. The van der Waals surface area contributed by atoms with Gasteiger partial charge in [0.1, 0.15) is 5.75 Å². The molecule has 1 aromatic heterocycles. The van der Waals surface area contributed by atoms with Crippen LogP contribution in [0.2, 0.25) is 0 Å². The number of ether oxygens (including phenoxy) is 1. The number of hydrogen-bond acceptors (Lipinski definition) is 4. The predicted molar refractivity (Wildman–Crippen MR) is 119 cm³/mol. The van der Waals surface area contributed by atoms with Gasteiger partial charge in [0.05, 0.1) is 25.0 Å². The number of aryl methyl sites for hydroxylation is 1. The van der Waals surface area contributed by atoms with Gasteiger partial charge in [-0.3, -0.25) is 14.8 Å². The molecule has 0 spiro atoms. The molecule has 0 bridgehead atoms. The van der Waals surface area contributed by atoms with Crippen LogP contribution >= 0.6 is 24.0 Å². The molecule has 0 saturated carbocycles. The smallest absolute Gasteiger partial charge is 0.243 e. The van der Waals surface area contributed by atoms with E-state index in [-0.39, 0.29) is 36.4 Å². The first-order valence-electron chi connectivity index (χ1n) is 8.49. The van der Waals surface area contributed by atoms with Crippen molar-refractivity contribution in [2.75, 3.05) is 25.5 Å². The number of aromatic nitrogens is 1. The van der Waals surface area contributed by atoms with Crippen LogP contribution in [0.3, 0.4) is 0 Å². The number of amides is 1. The Morgan fingerprint density at radius 1 is 1.26 bits per heavy atom. The molecule has 2 aromatic rings. The summed E-state index contributed by atoms with van der Waals surface area (Å²) in [4.78, 5) is 20.1. The Morgan fingerprint density at radius 3 is 2.74 bits per heavy atom. The lowest BCUT2D eigenvalue weighted by Crippen LogP contribution is -2.41. The first-order valence-corrected chi connectivity index (χ1v) is 8.49. The Hall–Kier alpha value is -2.36. The minimum atomic E-state index is -0.175. The average molecular weight is 483 g/mol. The Kier molecular flexibility index (Phi) is 10.2. The standard InChI is InChI=1S/C19H25N5O2.HI/c1-4-26-17-10-14(2)7-8-15(17)11-22-19(20-3)23-13-18(25)24-16-6-5-9-21-12-16;/h5-10,12H,4,11,13H2,1-3H3,(H,24,25)(H2,20,22,23);1H. The van der Waals surface area contributed by atoms with Crippen LogP contribution in [-0.2, 0) is 11.3 Å². The molecule has 0 aliphatic rings. The Balaban J connectivity index is 0.00000364. The Bertz CT molecular complexity index is 753. The van der Waals surface area contributed by atoms with Gasteiger partial charge >= 0.3 is 0 Å². The molecule has 27 heavy (non-hydrogen) atoms. The molecular formula is C19H26IN5O2. The van der Waals surface area contributed by atoms with Gasteiger partial charge in [-0.15, -0.1) is 24.0 Å². The summed E-state index contributed by atoms with van der Waals surface area (Å²) in [6.45, 7) is 5.24. The van der Waals surface area contributed by atoms with Crippen molar-refractivity contribution in [3.8, 4) is 5.75 Å². The third kappa shape index (κ3) is 7.81. The van der Waals surface area contributed by atoms with E-state index in [9.17, 15) is 4.79 Å². The van der Waals surface area contributed by atoms with E-state index < -0.39 is 0 Å². The van der Waals surface area contributed by atoms with Crippen molar-refractivity contribution in [1.82, 2.24) is 15.6 Å². The van der Waals surface area contributed by atoms with Crippen molar-refractivity contribution >= 4 is 41.5 Å². The zero-order valence-electron chi connectivity index (χ0n) is 15.8. The van der Waals surface area contributed by atoms with E-state index in [0.717, 1.165) is 16.9 Å². The van der Waals surface area contributed by atoms with Gasteiger partial charge in [-0.25, -0.2) is 0 Å². The summed E-state index contributed by atoms with van der Waals surface area (Å²) in [5, 5.41) is 8.94. The first-order chi connectivity index (χ1) is 12.6. The fourth-order valence-electron chi connectivity index (χ4n) is 2.30. The van der Waals surface area contributed by atoms with Gasteiger partial charge in [-0.05, 0) is 37.6 Å². The van der Waals surface area contributed by atoms with Crippen molar-refractivity contribution in [3.63, 3.8) is 0 Å². The molecule has 0 aliphatic heterocycles. The Labute approximate surface area is 177 Å². The molecule has 1 aromatic carbocycles. The van der Waals surface area contributed by atoms with Crippen LogP contribution in [0.25, 0.3) is 0 Å². The summed E-state index contributed by atoms with van der Waals surface area (Å²) >= 11 is 0. The lowest BCUT2D eigenvalue weighted by atomic mass is 10.1. The molecule has 1 heterocycles. The number of carbonyl (C=O) groups is 1. The van der Waals surface area contributed by atoms with Crippen LogP contribution < -0.4 is 20.7 Å². The van der Waals surface area contributed by atoms with E-state index in [1.807, 2.05) is 32.0 Å². The number of anilines is 1. The molecule has 0 aliphatic carbocycles. The maximum absolute atomic E-state index is 12.0. The number of nitrogens with zero attached hydrogens (tertiary/aromatic N) is 2. The maximum atomic E-state index is 12.0. The maximum Gasteiger partial charge on any atom is 0.243 e. The summed E-state index contributed by atoms with van der Waals surface area (Å²) in [6, 6.07) is 9.62. The van der Waals surface area contributed by atoms with Crippen LogP contribution in [0.15, 0.2) is 47.7 Å². The monoisotopic (exact) mass is 483 g/mol. The highest BCUT2D eigenvalue weighted by molar-refractivity contribution is 14.0. The molecule has 0 fully saturated rings. The van der Waals surface area contributed by atoms with Gasteiger partial charge in [-0.2, -0.15) is 0 Å². The second-order valence-electron chi connectivity index (χ2n) is 5.61. The topological polar surface area (TPSA) is 87.6 Å². The van der Waals surface area contributed by atoms with Crippen molar-refractivity contribution < 1.29 is 9.53 Å². The van der Waals surface area contributed by atoms with Crippen LogP contribution in [0, 0.1) is 6.92 Å². The van der Waals surface area contributed by atoms with Crippen molar-refractivity contribution in [1.29, 1.82) is 0 Å². The lowest BCUT2D eigenvalue weighted by molar-refractivity contribution is -0.115. The predicted octanol–water partition coefficient (Wildman–Crippen LogP) is 2.71. The van der Waals surface area contributed by atoms with Crippen molar-refractivity contribution in [3.05, 3.63) is 53.9 Å². The normalized spacial score (nSPS) is 10.6. The number of pyridine rings is 1. The lowest BCUT2D eigenvalue weighted by Gasteiger charge is -2.15. The van der Waals surface area contributed by atoms with E-state index in [1.165, 1.54) is 0 Å². The number of carbonyl (C=O) groups excluding carboxylic acids is 1.